The van der Waals surface area contributed by atoms with Crippen molar-refractivity contribution in [2.45, 2.75) is 27.0 Å². The van der Waals surface area contributed by atoms with E-state index < -0.39 is 11.4 Å². The summed E-state index contributed by atoms with van der Waals surface area (Å²) in [5, 5.41) is 8.98. The molecule has 4 aromatic rings. The van der Waals surface area contributed by atoms with E-state index in [2.05, 4.69) is 17.1 Å². The van der Waals surface area contributed by atoms with Crippen LogP contribution in [-0.4, -0.2) is 28.0 Å². The molecule has 176 valence electrons. The lowest BCUT2D eigenvalue weighted by molar-refractivity contribution is 0.201. The highest BCUT2D eigenvalue weighted by molar-refractivity contribution is 5.72. The van der Waals surface area contributed by atoms with Crippen LogP contribution < -0.4 is 20.9 Å². The lowest BCUT2D eigenvalue weighted by Crippen LogP contribution is -2.17. The molecular formula is C26H26N2O6. The summed E-state index contributed by atoms with van der Waals surface area (Å²) in [5.74, 6) is 0.664. The van der Waals surface area contributed by atoms with E-state index in [-0.39, 0.29) is 19.8 Å². The first-order chi connectivity index (χ1) is 16.4. The molecule has 0 amide bonds. The number of nitrogens with zero attached hydrogens (tertiary/aromatic N) is 1. The van der Waals surface area contributed by atoms with Gasteiger partial charge in [-0.15, -0.1) is 4.74 Å². The van der Waals surface area contributed by atoms with Gasteiger partial charge in [0, 0.05) is 0 Å². The number of aromatic nitrogens is 2. The number of H-pyrrole nitrogens is 1. The maximum absolute atomic E-state index is 11.6. The Balaban J connectivity index is 1.43. The van der Waals surface area contributed by atoms with Gasteiger partial charge in [0.25, 0.3) is 0 Å². The van der Waals surface area contributed by atoms with Crippen LogP contribution in [0.2, 0.25) is 0 Å². The van der Waals surface area contributed by atoms with E-state index in [4.69, 9.17) is 19.1 Å². The van der Waals surface area contributed by atoms with Crippen molar-refractivity contribution in [2.24, 2.45) is 0 Å². The molecule has 0 fully saturated rings. The number of aryl methyl sites for hydroxylation is 2. The molecule has 3 aromatic carbocycles. The Bertz CT molecular complexity index is 1360. The van der Waals surface area contributed by atoms with Gasteiger partial charge in [-0.3, -0.25) is 0 Å². The van der Waals surface area contributed by atoms with Crippen molar-refractivity contribution in [1.29, 1.82) is 0 Å². The van der Waals surface area contributed by atoms with E-state index in [1.807, 2.05) is 62.4 Å². The molecule has 2 N–H and O–H groups in total. The van der Waals surface area contributed by atoms with E-state index >= 15 is 0 Å². The molecule has 1 aromatic heterocycles. The maximum atomic E-state index is 11.6. The van der Waals surface area contributed by atoms with Crippen molar-refractivity contribution in [3.8, 4) is 22.6 Å². The van der Waals surface area contributed by atoms with Crippen LogP contribution in [0.5, 0.6) is 11.5 Å². The minimum atomic E-state index is -0.774. The predicted octanol–water partition coefficient (Wildman–Crippen LogP) is 3.41. The number of benzene rings is 3. The van der Waals surface area contributed by atoms with Crippen molar-refractivity contribution in [3.05, 3.63) is 104 Å². The van der Waals surface area contributed by atoms with E-state index in [1.165, 1.54) is 0 Å². The van der Waals surface area contributed by atoms with Crippen LogP contribution >= 0.6 is 0 Å². The van der Waals surface area contributed by atoms with Crippen molar-refractivity contribution >= 4 is 0 Å². The van der Waals surface area contributed by atoms with Gasteiger partial charge in [0.2, 0.25) is 0 Å². The first kappa shape index (κ1) is 23.1. The van der Waals surface area contributed by atoms with Gasteiger partial charge in [-0.05, 0) is 77.6 Å². The minimum Gasteiger partial charge on any atom is -0.491 e. The topological polar surface area (TPSA) is 107 Å². The van der Waals surface area contributed by atoms with Gasteiger partial charge in [0.1, 0.15) is 24.7 Å². The Morgan fingerprint density at radius 2 is 1.65 bits per heavy atom. The second-order valence-electron chi connectivity index (χ2n) is 7.98. The number of hydrogen-bond acceptors (Lipinski definition) is 6. The van der Waals surface area contributed by atoms with Crippen LogP contribution in [0.4, 0.5) is 0 Å². The van der Waals surface area contributed by atoms with Crippen molar-refractivity contribution < 1.29 is 19.1 Å². The Hall–Kier alpha value is -4.04. The normalized spacial score (nSPS) is 10.9. The fourth-order valence-electron chi connectivity index (χ4n) is 3.88. The molecule has 0 bridgehead atoms. The zero-order valence-corrected chi connectivity index (χ0v) is 19.0. The summed E-state index contributed by atoms with van der Waals surface area (Å²) in [6.07, 6.45) is 0. The highest BCUT2D eigenvalue weighted by atomic mass is 16.5. The van der Waals surface area contributed by atoms with Crippen molar-refractivity contribution in [3.63, 3.8) is 0 Å². The number of rotatable bonds is 9. The minimum absolute atomic E-state index is 0.0182. The summed E-state index contributed by atoms with van der Waals surface area (Å²) < 4.78 is 17.3. The monoisotopic (exact) mass is 462 g/mol. The molecular weight excluding hydrogens is 436 g/mol. The number of aliphatic hydroxyl groups is 1. The SMILES string of the molecule is Cc1cc(OCCO)cc(C)c1-c1cccc(COc2ccc(Cn3oc(=O)[nH]c3=O)cc2)c1. The maximum Gasteiger partial charge on any atom is 0.440 e. The van der Waals surface area contributed by atoms with Crippen LogP contribution in [0.3, 0.4) is 0 Å². The molecule has 0 spiro atoms. The molecule has 0 aliphatic carbocycles. The molecule has 8 nitrogen and oxygen atoms in total. The smallest absolute Gasteiger partial charge is 0.440 e. The number of aliphatic hydroxyl groups excluding tert-OH is 1. The van der Waals surface area contributed by atoms with Crippen LogP contribution in [-0.2, 0) is 13.2 Å². The number of nitrogens with one attached hydrogen (secondary N) is 1. The first-order valence-corrected chi connectivity index (χ1v) is 10.9. The third-order valence-corrected chi connectivity index (χ3v) is 5.37. The zero-order valence-electron chi connectivity index (χ0n) is 19.0. The molecule has 4 rings (SSSR count). The zero-order chi connectivity index (χ0) is 24.1. The molecule has 0 radical (unpaired) electrons. The van der Waals surface area contributed by atoms with E-state index in [1.54, 1.807) is 0 Å². The van der Waals surface area contributed by atoms with E-state index in [0.717, 1.165) is 43.9 Å². The Morgan fingerprint density at radius 1 is 0.912 bits per heavy atom. The van der Waals surface area contributed by atoms with Gasteiger partial charge in [0.05, 0.1) is 13.2 Å². The number of hydrogen-bond donors (Lipinski definition) is 2. The Labute approximate surface area is 196 Å². The number of aromatic amines is 1. The highest BCUT2D eigenvalue weighted by Crippen LogP contribution is 2.31. The van der Waals surface area contributed by atoms with Crippen molar-refractivity contribution in [1.82, 2.24) is 9.72 Å². The second-order valence-corrected chi connectivity index (χ2v) is 7.98. The fraction of sp³-hybridized carbons (Fsp3) is 0.231. The third-order valence-electron chi connectivity index (χ3n) is 5.37. The largest absolute Gasteiger partial charge is 0.491 e. The summed E-state index contributed by atoms with van der Waals surface area (Å²) in [6.45, 7) is 4.90. The number of ether oxygens (including phenoxy) is 2. The van der Waals surface area contributed by atoms with E-state index in [9.17, 15) is 9.59 Å². The standard InChI is InChI=1S/C26H26N2O6/c1-17-12-23(32-11-10-29)13-18(2)24(17)21-5-3-4-20(14-21)16-33-22-8-6-19(7-9-22)15-28-25(30)27-26(31)34-28/h3-9,12-14,29H,10-11,15-16H2,1-2H3,(H,27,30,31). The van der Waals surface area contributed by atoms with Gasteiger partial charge in [-0.1, -0.05) is 30.3 Å². The Morgan fingerprint density at radius 3 is 2.29 bits per heavy atom. The lowest BCUT2D eigenvalue weighted by Gasteiger charge is -2.15. The van der Waals surface area contributed by atoms with Gasteiger partial charge < -0.3 is 19.1 Å². The second kappa shape index (κ2) is 10.3. The fourth-order valence-corrected chi connectivity index (χ4v) is 3.88. The molecule has 8 heteroatoms. The summed E-state index contributed by atoms with van der Waals surface area (Å²) in [5.41, 5.74) is 5.69. The van der Waals surface area contributed by atoms with Crippen molar-refractivity contribution in [2.75, 3.05) is 13.2 Å². The molecule has 0 saturated heterocycles. The molecule has 0 saturated carbocycles. The molecule has 1 heterocycles. The molecule has 0 aliphatic rings. The quantitative estimate of drug-likeness (QED) is 0.395. The summed E-state index contributed by atoms with van der Waals surface area (Å²) >= 11 is 0. The van der Waals surface area contributed by atoms with Gasteiger partial charge >= 0.3 is 11.4 Å². The van der Waals surface area contributed by atoms with Gasteiger partial charge in [-0.25, -0.2) is 14.6 Å². The van der Waals surface area contributed by atoms with Gasteiger partial charge in [0.15, 0.2) is 0 Å². The van der Waals surface area contributed by atoms with Crippen LogP contribution in [0.25, 0.3) is 11.1 Å². The average molecular weight is 463 g/mol. The summed E-state index contributed by atoms with van der Waals surface area (Å²) in [6, 6.07) is 19.4. The predicted molar refractivity (Wildman–Crippen MR) is 127 cm³/mol. The van der Waals surface area contributed by atoms with Crippen LogP contribution in [0.15, 0.2) is 74.8 Å². The average Bonchev–Trinajstić information content (AvgIpc) is 3.13. The molecule has 0 aliphatic heterocycles. The van der Waals surface area contributed by atoms with Gasteiger partial charge in [-0.2, -0.15) is 0 Å². The van der Waals surface area contributed by atoms with Crippen LogP contribution in [0, 0.1) is 13.8 Å². The molecule has 34 heavy (non-hydrogen) atoms. The highest BCUT2D eigenvalue weighted by Gasteiger charge is 2.10. The first-order valence-electron chi connectivity index (χ1n) is 10.9. The Kier molecular flexibility index (Phi) is 6.98. The van der Waals surface area contributed by atoms with E-state index in [0.29, 0.717) is 12.4 Å². The van der Waals surface area contributed by atoms with Crippen LogP contribution in [0.1, 0.15) is 22.3 Å². The third kappa shape index (κ3) is 5.47. The molecule has 0 atom stereocenters. The summed E-state index contributed by atoms with van der Waals surface area (Å²) in [7, 11) is 0. The molecule has 0 unspecified atom stereocenters. The lowest BCUT2D eigenvalue weighted by atomic mass is 9.94. The summed E-state index contributed by atoms with van der Waals surface area (Å²) in [4.78, 5) is 24.7.